The molecule has 0 saturated carbocycles. The molecule has 0 fully saturated rings. The summed E-state index contributed by atoms with van der Waals surface area (Å²) in [5, 5.41) is 15.7. The van der Waals surface area contributed by atoms with Crippen LogP contribution >= 0.6 is 0 Å². The van der Waals surface area contributed by atoms with Crippen LogP contribution in [0.15, 0.2) is 59.7 Å². The summed E-state index contributed by atoms with van der Waals surface area (Å²) in [6.07, 6.45) is 1.41. The highest BCUT2D eigenvalue weighted by Gasteiger charge is 2.12. The molecule has 148 valence electrons. The summed E-state index contributed by atoms with van der Waals surface area (Å²) in [5.74, 6) is -0.536. The zero-order chi connectivity index (χ0) is 20.8. The van der Waals surface area contributed by atoms with E-state index in [9.17, 15) is 14.7 Å². The zero-order valence-corrected chi connectivity index (χ0v) is 15.6. The standard InChI is InChI=1S/C21H19N3O5/c1-28-19-8-13(6-7-18(19)29-12-20(22)26)11-23-24-21(27)16-9-14-4-2-3-5-15(14)10-17(16)25/h2-11,25H,12H2,1H3,(H2,22,26)(H,24,27)/b23-11+. The summed E-state index contributed by atoms with van der Waals surface area (Å²) in [6.45, 7) is -0.269. The maximum absolute atomic E-state index is 12.4. The highest BCUT2D eigenvalue weighted by Crippen LogP contribution is 2.27. The number of hydrazone groups is 1. The van der Waals surface area contributed by atoms with E-state index in [1.54, 1.807) is 24.3 Å². The number of nitrogens with zero attached hydrogens (tertiary/aromatic N) is 1. The fourth-order valence-corrected chi connectivity index (χ4v) is 2.67. The van der Waals surface area contributed by atoms with Crippen molar-refractivity contribution in [2.24, 2.45) is 10.8 Å². The number of benzene rings is 3. The Bertz CT molecular complexity index is 1090. The van der Waals surface area contributed by atoms with Gasteiger partial charge in [-0.05, 0) is 46.7 Å². The highest BCUT2D eigenvalue weighted by atomic mass is 16.5. The second kappa shape index (κ2) is 8.75. The van der Waals surface area contributed by atoms with Crippen LogP contribution in [0.4, 0.5) is 0 Å². The average molecular weight is 393 g/mol. The Hall–Kier alpha value is -4.07. The van der Waals surface area contributed by atoms with E-state index in [4.69, 9.17) is 15.2 Å². The number of carbonyl (C=O) groups excluding carboxylic acids is 2. The Balaban J connectivity index is 1.71. The van der Waals surface area contributed by atoms with Crippen molar-refractivity contribution in [3.8, 4) is 17.2 Å². The zero-order valence-electron chi connectivity index (χ0n) is 15.6. The third-order valence-electron chi connectivity index (χ3n) is 4.05. The van der Waals surface area contributed by atoms with E-state index in [0.717, 1.165) is 10.8 Å². The molecule has 3 rings (SSSR count). The lowest BCUT2D eigenvalue weighted by molar-refractivity contribution is -0.119. The van der Waals surface area contributed by atoms with Crippen molar-refractivity contribution in [2.75, 3.05) is 13.7 Å². The van der Waals surface area contributed by atoms with Gasteiger partial charge in [0.2, 0.25) is 0 Å². The Morgan fingerprint density at radius 2 is 1.83 bits per heavy atom. The molecule has 3 aromatic carbocycles. The van der Waals surface area contributed by atoms with Crippen molar-refractivity contribution in [1.29, 1.82) is 0 Å². The van der Waals surface area contributed by atoms with E-state index in [1.165, 1.54) is 19.4 Å². The third-order valence-corrected chi connectivity index (χ3v) is 4.05. The SMILES string of the molecule is COc1cc(/C=N/NC(=O)c2cc3ccccc3cc2O)ccc1OCC(N)=O. The van der Waals surface area contributed by atoms with Crippen molar-refractivity contribution >= 4 is 28.8 Å². The van der Waals surface area contributed by atoms with Crippen LogP contribution in [0.25, 0.3) is 10.8 Å². The Labute approximate surface area is 166 Å². The first-order valence-electron chi connectivity index (χ1n) is 8.62. The minimum Gasteiger partial charge on any atom is -0.507 e. The molecule has 0 atom stereocenters. The minimum absolute atomic E-state index is 0.119. The monoisotopic (exact) mass is 393 g/mol. The number of nitrogens with two attached hydrogens (primary N) is 1. The van der Waals surface area contributed by atoms with Gasteiger partial charge in [0.15, 0.2) is 18.1 Å². The van der Waals surface area contributed by atoms with Gasteiger partial charge >= 0.3 is 0 Å². The summed E-state index contributed by atoms with van der Waals surface area (Å²) >= 11 is 0. The fraction of sp³-hybridized carbons (Fsp3) is 0.0952. The highest BCUT2D eigenvalue weighted by molar-refractivity contribution is 6.01. The molecule has 0 radical (unpaired) electrons. The number of hydrogen-bond acceptors (Lipinski definition) is 6. The fourth-order valence-electron chi connectivity index (χ4n) is 2.67. The predicted molar refractivity (Wildman–Crippen MR) is 108 cm³/mol. The number of rotatable bonds is 7. The Morgan fingerprint density at radius 1 is 1.10 bits per heavy atom. The number of nitrogens with one attached hydrogen (secondary N) is 1. The molecule has 0 unspecified atom stereocenters. The predicted octanol–water partition coefficient (Wildman–Crippen LogP) is 2.18. The number of hydrogen-bond donors (Lipinski definition) is 3. The molecule has 8 heteroatoms. The maximum atomic E-state index is 12.4. The van der Waals surface area contributed by atoms with Crippen LogP contribution < -0.4 is 20.6 Å². The second-order valence-corrected chi connectivity index (χ2v) is 6.08. The number of aromatic hydroxyl groups is 1. The molecule has 0 aromatic heterocycles. The number of phenols is 1. The number of ether oxygens (including phenoxy) is 2. The normalized spacial score (nSPS) is 10.8. The van der Waals surface area contributed by atoms with Crippen LogP contribution in [0.5, 0.6) is 17.2 Å². The summed E-state index contributed by atoms with van der Waals surface area (Å²) in [7, 11) is 1.46. The van der Waals surface area contributed by atoms with Crippen molar-refractivity contribution in [2.45, 2.75) is 0 Å². The van der Waals surface area contributed by atoms with E-state index in [2.05, 4.69) is 10.5 Å². The van der Waals surface area contributed by atoms with E-state index < -0.39 is 11.8 Å². The first-order chi connectivity index (χ1) is 14.0. The maximum Gasteiger partial charge on any atom is 0.275 e. The minimum atomic E-state index is -0.600. The van der Waals surface area contributed by atoms with Gasteiger partial charge in [0.05, 0.1) is 18.9 Å². The number of primary amides is 1. The number of carbonyl (C=O) groups is 2. The van der Waals surface area contributed by atoms with Gasteiger partial charge < -0.3 is 20.3 Å². The van der Waals surface area contributed by atoms with Gasteiger partial charge in [-0.15, -0.1) is 0 Å². The molecular formula is C21H19N3O5. The first kappa shape index (κ1) is 19.7. The van der Waals surface area contributed by atoms with Gasteiger partial charge in [-0.1, -0.05) is 24.3 Å². The third kappa shape index (κ3) is 4.81. The number of fused-ring (bicyclic) bond motifs is 1. The molecule has 4 N–H and O–H groups in total. The molecule has 0 bridgehead atoms. The molecule has 0 aliphatic rings. The van der Waals surface area contributed by atoms with Crippen molar-refractivity contribution in [1.82, 2.24) is 5.43 Å². The molecule has 8 nitrogen and oxygen atoms in total. The van der Waals surface area contributed by atoms with Gasteiger partial charge in [0.1, 0.15) is 5.75 Å². The lowest BCUT2D eigenvalue weighted by atomic mass is 10.1. The smallest absolute Gasteiger partial charge is 0.275 e. The molecule has 29 heavy (non-hydrogen) atoms. The van der Waals surface area contributed by atoms with Crippen molar-refractivity contribution < 1.29 is 24.2 Å². The lowest BCUT2D eigenvalue weighted by Crippen LogP contribution is -2.20. The average Bonchev–Trinajstić information content (AvgIpc) is 2.71. The van der Waals surface area contributed by atoms with E-state index in [0.29, 0.717) is 17.1 Å². The van der Waals surface area contributed by atoms with Crippen LogP contribution in [0, 0.1) is 0 Å². The molecule has 0 saturated heterocycles. The summed E-state index contributed by atoms with van der Waals surface area (Å²) < 4.78 is 10.5. The topological polar surface area (TPSA) is 123 Å². The van der Waals surface area contributed by atoms with E-state index >= 15 is 0 Å². The Kier molecular flexibility index (Phi) is 5.94. The van der Waals surface area contributed by atoms with Crippen molar-refractivity contribution in [3.63, 3.8) is 0 Å². The Morgan fingerprint density at radius 3 is 2.52 bits per heavy atom. The van der Waals surface area contributed by atoms with Gasteiger partial charge in [-0.3, -0.25) is 9.59 Å². The van der Waals surface area contributed by atoms with Gasteiger partial charge in [0, 0.05) is 0 Å². The molecule has 2 amide bonds. The van der Waals surface area contributed by atoms with Crippen LogP contribution in [0.3, 0.4) is 0 Å². The largest absolute Gasteiger partial charge is 0.507 e. The number of amides is 2. The quantitative estimate of drug-likeness (QED) is 0.419. The number of phenolic OH excluding ortho intramolecular Hbond substituents is 1. The molecule has 0 spiro atoms. The summed E-state index contributed by atoms with van der Waals surface area (Å²) in [4.78, 5) is 23.2. The molecule has 0 aliphatic heterocycles. The van der Waals surface area contributed by atoms with Gasteiger partial charge in [-0.25, -0.2) is 5.43 Å². The van der Waals surface area contributed by atoms with E-state index in [-0.39, 0.29) is 17.9 Å². The second-order valence-electron chi connectivity index (χ2n) is 6.08. The van der Waals surface area contributed by atoms with Gasteiger partial charge in [-0.2, -0.15) is 5.10 Å². The van der Waals surface area contributed by atoms with Crippen LogP contribution in [-0.4, -0.2) is 36.9 Å². The first-order valence-corrected chi connectivity index (χ1v) is 8.62. The molecule has 3 aromatic rings. The number of methoxy groups -OCH3 is 1. The van der Waals surface area contributed by atoms with E-state index in [1.807, 2.05) is 24.3 Å². The molecule has 0 aliphatic carbocycles. The summed E-state index contributed by atoms with van der Waals surface area (Å²) in [5.41, 5.74) is 8.18. The van der Waals surface area contributed by atoms with Crippen LogP contribution in [0.1, 0.15) is 15.9 Å². The molecular weight excluding hydrogens is 374 g/mol. The van der Waals surface area contributed by atoms with Crippen LogP contribution in [0.2, 0.25) is 0 Å². The van der Waals surface area contributed by atoms with Crippen molar-refractivity contribution in [3.05, 3.63) is 65.7 Å². The summed E-state index contributed by atoms with van der Waals surface area (Å²) in [6, 6.07) is 15.4. The van der Waals surface area contributed by atoms with Crippen LogP contribution in [-0.2, 0) is 4.79 Å². The molecule has 0 heterocycles. The lowest BCUT2D eigenvalue weighted by Gasteiger charge is -2.09. The van der Waals surface area contributed by atoms with Gasteiger partial charge in [0.25, 0.3) is 11.8 Å².